The first kappa shape index (κ1) is 16.9. The van der Waals surface area contributed by atoms with E-state index in [0.717, 1.165) is 30.0 Å². The standard InChI is InChI=1S/C17H19Cl2NO2/c1-21-16-6-3-12(9-17(16)22-2)7-8-20-11-13-4-5-14(18)10-15(13)19/h3-6,9-10,20H,7-8,11H2,1-2H3. The number of hydrogen-bond donors (Lipinski definition) is 1. The van der Waals surface area contributed by atoms with Crippen LogP contribution in [0.3, 0.4) is 0 Å². The summed E-state index contributed by atoms with van der Waals surface area (Å²) in [6.45, 7) is 1.55. The number of halogens is 2. The van der Waals surface area contributed by atoms with Crippen molar-refractivity contribution in [1.29, 1.82) is 0 Å². The highest BCUT2D eigenvalue weighted by Crippen LogP contribution is 2.27. The van der Waals surface area contributed by atoms with Crippen molar-refractivity contribution in [3.63, 3.8) is 0 Å². The molecular weight excluding hydrogens is 321 g/mol. The van der Waals surface area contributed by atoms with Crippen molar-refractivity contribution in [2.24, 2.45) is 0 Å². The fourth-order valence-electron chi connectivity index (χ4n) is 2.16. The van der Waals surface area contributed by atoms with Gasteiger partial charge >= 0.3 is 0 Å². The van der Waals surface area contributed by atoms with Crippen LogP contribution in [0.15, 0.2) is 36.4 Å². The van der Waals surface area contributed by atoms with Crippen molar-refractivity contribution >= 4 is 23.2 Å². The zero-order valence-corrected chi connectivity index (χ0v) is 14.2. The van der Waals surface area contributed by atoms with Gasteiger partial charge in [-0.2, -0.15) is 0 Å². The predicted octanol–water partition coefficient (Wildman–Crippen LogP) is 4.34. The van der Waals surface area contributed by atoms with Gasteiger partial charge in [-0.25, -0.2) is 0 Å². The summed E-state index contributed by atoms with van der Waals surface area (Å²) >= 11 is 12.0. The summed E-state index contributed by atoms with van der Waals surface area (Å²) in [7, 11) is 3.28. The fourth-order valence-corrected chi connectivity index (χ4v) is 2.63. The molecule has 0 amide bonds. The quantitative estimate of drug-likeness (QED) is 0.761. The summed E-state index contributed by atoms with van der Waals surface area (Å²) in [5.41, 5.74) is 2.23. The second-order valence-corrected chi connectivity index (χ2v) is 5.70. The van der Waals surface area contributed by atoms with Crippen LogP contribution in [0.25, 0.3) is 0 Å². The van der Waals surface area contributed by atoms with Crippen LogP contribution in [-0.2, 0) is 13.0 Å². The van der Waals surface area contributed by atoms with Crippen molar-refractivity contribution in [1.82, 2.24) is 5.32 Å². The van der Waals surface area contributed by atoms with Gasteiger partial charge in [0, 0.05) is 16.6 Å². The van der Waals surface area contributed by atoms with E-state index in [2.05, 4.69) is 5.32 Å². The van der Waals surface area contributed by atoms with Crippen LogP contribution >= 0.6 is 23.2 Å². The van der Waals surface area contributed by atoms with E-state index in [9.17, 15) is 0 Å². The highest BCUT2D eigenvalue weighted by Gasteiger charge is 2.05. The molecule has 0 aliphatic carbocycles. The summed E-state index contributed by atoms with van der Waals surface area (Å²) in [5, 5.41) is 4.72. The predicted molar refractivity (Wildman–Crippen MR) is 91.4 cm³/mol. The summed E-state index contributed by atoms with van der Waals surface area (Å²) in [4.78, 5) is 0. The highest BCUT2D eigenvalue weighted by atomic mass is 35.5. The van der Waals surface area contributed by atoms with Crippen LogP contribution in [0.2, 0.25) is 10.0 Å². The third-order valence-electron chi connectivity index (χ3n) is 3.37. The number of ether oxygens (including phenoxy) is 2. The molecule has 0 aliphatic heterocycles. The molecule has 22 heavy (non-hydrogen) atoms. The molecule has 5 heteroatoms. The minimum atomic E-state index is 0.652. The molecule has 0 atom stereocenters. The third-order valence-corrected chi connectivity index (χ3v) is 3.96. The molecule has 0 fully saturated rings. The minimum Gasteiger partial charge on any atom is -0.493 e. The third kappa shape index (κ3) is 4.54. The second kappa shape index (κ2) is 8.28. The average Bonchev–Trinajstić information content (AvgIpc) is 2.53. The number of nitrogens with one attached hydrogen (secondary N) is 1. The Morgan fingerprint density at radius 1 is 0.955 bits per heavy atom. The maximum atomic E-state index is 6.14. The van der Waals surface area contributed by atoms with E-state index in [1.54, 1.807) is 20.3 Å². The van der Waals surface area contributed by atoms with E-state index in [1.807, 2.05) is 30.3 Å². The number of benzene rings is 2. The molecule has 1 N–H and O–H groups in total. The van der Waals surface area contributed by atoms with E-state index < -0.39 is 0 Å². The first-order valence-corrected chi connectivity index (χ1v) is 7.75. The summed E-state index contributed by atoms with van der Waals surface area (Å²) in [6, 6.07) is 11.5. The van der Waals surface area contributed by atoms with Gasteiger partial charge in [0.25, 0.3) is 0 Å². The first-order chi connectivity index (χ1) is 10.6. The monoisotopic (exact) mass is 339 g/mol. The molecule has 2 aromatic carbocycles. The van der Waals surface area contributed by atoms with Crippen LogP contribution in [0.5, 0.6) is 11.5 Å². The van der Waals surface area contributed by atoms with Gasteiger partial charge in [0.05, 0.1) is 14.2 Å². The molecule has 0 unspecified atom stereocenters. The summed E-state index contributed by atoms with van der Waals surface area (Å²) in [6.07, 6.45) is 0.894. The van der Waals surface area contributed by atoms with Crippen LogP contribution in [0.4, 0.5) is 0 Å². The molecule has 2 aromatic rings. The van der Waals surface area contributed by atoms with Gasteiger partial charge in [0.2, 0.25) is 0 Å². The van der Waals surface area contributed by atoms with Crippen molar-refractivity contribution in [2.75, 3.05) is 20.8 Å². The van der Waals surface area contributed by atoms with Crippen LogP contribution in [-0.4, -0.2) is 20.8 Å². The summed E-state index contributed by atoms with van der Waals surface area (Å²) < 4.78 is 10.5. The molecule has 0 saturated heterocycles. The maximum absolute atomic E-state index is 6.14. The molecule has 0 radical (unpaired) electrons. The van der Waals surface area contributed by atoms with Crippen molar-refractivity contribution in [3.05, 3.63) is 57.6 Å². The molecule has 0 saturated carbocycles. The van der Waals surface area contributed by atoms with Gasteiger partial charge in [-0.1, -0.05) is 35.3 Å². The van der Waals surface area contributed by atoms with Gasteiger partial charge < -0.3 is 14.8 Å². The van der Waals surface area contributed by atoms with Crippen molar-refractivity contribution in [2.45, 2.75) is 13.0 Å². The smallest absolute Gasteiger partial charge is 0.160 e. The van der Waals surface area contributed by atoms with Gasteiger partial charge in [-0.15, -0.1) is 0 Å². The van der Waals surface area contributed by atoms with Gasteiger partial charge in [0.1, 0.15) is 0 Å². The van der Waals surface area contributed by atoms with Crippen molar-refractivity contribution in [3.8, 4) is 11.5 Å². The van der Waals surface area contributed by atoms with Gasteiger partial charge in [0.15, 0.2) is 11.5 Å². The SMILES string of the molecule is COc1ccc(CCNCc2ccc(Cl)cc2Cl)cc1OC. The lowest BCUT2D eigenvalue weighted by Gasteiger charge is -2.10. The molecule has 0 aromatic heterocycles. The van der Waals surface area contributed by atoms with Gasteiger partial charge in [-0.3, -0.25) is 0 Å². The Labute approximate surface area is 141 Å². The van der Waals surface area contributed by atoms with Crippen LogP contribution < -0.4 is 14.8 Å². The Kier molecular flexibility index (Phi) is 6.37. The average molecular weight is 340 g/mol. The normalized spacial score (nSPS) is 10.5. The van der Waals surface area contributed by atoms with E-state index in [0.29, 0.717) is 16.6 Å². The lowest BCUT2D eigenvalue weighted by Crippen LogP contribution is -2.17. The topological polar surface area (TPSA) is 30.5 Å². The minimum absolute atomic E-state index is 0.652. The first-order valence-electron chi connectivity index (χ1n) is 6.99. The van der Waals surface area contributed by atoms with Crippen molar-refractivity contribution < 1.29 is 9.47 Å². The lowest BCUT2D eigenvalue weighted by atomic mass is 10.1. The number of hydrogen-bond acceptors (Lipinski definition) is 3. The number of rotatable bonds is 7. The Hall–Kier alpha value is -1.42. The number of methoxy groups -OCH3 is 2. The largest absolute Gasteiger partial charge is 0.493 e. The fraction of sp³-hybridized carbons (Fsp3) is 0.294. The van der Waals surface area contributed by atoms with E-state index in [4.69, 9.17) is 32.7 Å². The van der Waals surface area contributed by atoms with E-state index >= 15 is 0 Å². The van der Waals surface area contributed by atoms with Crippen LogP contribution in [0, 0.1) is 0 Å². The Morgan fingerprint density at radius 2 is 1.73 bits per heavy atom. The maximum Gasteiger partial charge on any atom is 0.160 e. The Morgan fingerprint density at radius 3 is 2.41 bits per heavy atom. The molecule has 0 heterocycles. The zero-order chi connectivity index (χ0) is 15.9. The molecule has 3 nitrogen and oxygen atoms in total. The zero-order valence-electron chi connectivity index (χ0n) is 12.7. The molecule has 118 valence electrons. The molecule has 0 spiro atoms. The van der Waals surface area contributed by atoms with Gasteiger partial charge in [-0.05, 0) is 48.4 Å². The molecular formula is C17H19Cl2NO2. The lowest BCUT2D eigenvalue weighted by molar-refractivity contribution is 0.354. The Bertz CT molecular complexity index is 632. The van der Waals surface area contributed by atoms with E-state index in [-0.39, 0.29) is 0 Å². The van der Waals surface area contributed by atoms with Crippen LogP contribution in [0.1, 0.15) is 11.1 Å². The summed E-state index contributed by atoms with van der Waals surface area (Å²) in [5.74, 6) is 1.49. The highest BCUT2D eigenvalue weighted by molar-refractivity contribution is 6.35. The molecule has 0 aliphatic rings. The second-order valence-electron chi connectivity index (χ2n) is 4.85. The Balaban J connectivity index is 1.86. The molecule has 0 bridgehead atoms. The van der Waals surface area contributed by atoms with E-state index in [1.165, 1.54) is 5.56 Å². The molecule has 2 rings (SSSR count).